The molecule has 0 spiro atoms. The number of ketones is 1. The van der Waals surface area contributed by atoms with Crippen molar-refractivity contribution in [3.8, 4) is 0 Å². The molecule has 1 heterocycles. The van der Waals surface area contributed by atoms with E-state index in [0.717, 1.165) is 27.5 Å². The van der Waals surface area contributed by atoms with Crippen molar-refractivity contribution in [2.45, 2.75) is 19.6 Å². The van der Waals surface area contributed by atoms with Crippen molar-refractivity contribution in [1.29, 1.82) is 0 Å². The molecule has 0 fully saturated rings. The lowest BCUT2D eigenvalue weighted by Gasteiger charge is -2.09. The third-order valence-corrected chi connectivity index (χ3v) is 5.19. The first-order chi connectivity index (χ1) is 15.6. The number of carbonyl (C=O) groups is 2. The lowest BCUT2D eigenvalue weighted by atomic mass is 10.0. The third kappa shape index (κ3) is 5.29. The molecule has 4 aromatic rings. The van der Waals surface area contributed by atoms with Gasteiger partial charge in [0.25, 0.3) is 0 Å². The maximum atomic E-state index is 12.5. The molecule has 0 saturated carbocycles. The zero-order chi connectivity index (χ0) is 22.3. The number of nitrogens with two attached hydrogens (primary N) is 1. The number of rotatable bonds is 7. The molecule has 32 heavy (non-hydrogen) atoms. The van der Waals surface area contributed by atoms with Gasteiger partial charge in [0.1, 0.15) is 6.61 Å². The maximum Gasteiger partial charge on any atom is 0.407 e. The smallest absolute Gasteiger partial charge is 0.407 e. The van der Waals surface area contributed by atoms with Crippen LogP contribution in [0, 0.1) is 0 Å². The summed E-state index contributed by atoms with van der Waals surface area (Å²) in [6.45, 7) is 0.505. The van der Waals surface area contributed by atoms with Gasteiger partial charge in [-0.05, 0) is 39.6 Å². The lowest BCUT2D eigenvalue weighted by Crippen LogP contribution is -2.23. The Morgan fingerprint density at radius 1 is 0.906 bits per heavy atom. The van der Waals surface area contributed by atoms with E-state index in [-0.39, 0.29) is 18.8 Å². The van der Waals surface area contributed by atoms with Crippen LogP contribution in [0.3, 0.4) is 0 Å². The molecule has 0 aliphatic heterocycles. The Morgan fingerprint density at radius 2 is 1.66 bits per heavy atom. The third-order valence-electron chi connectivity index (χ3n) is 5.19. The minimum atomic E-state index is -0.494. The van der Waals surface area contributed by atoms with Gasteiger partial charge in [-0.15, -0.1) is 0 Å². The number of anilines is 1. The van der Waals surface area contributed by atoms with Gasteiger partial charge in [-0.1, -0.05) is 60.7 Å². The monoisotopic (exact) mass is 425 g/mol. The average molecular weight is 425 g/mol. The summed E-state index contributed by atoms with van der Waals surface area (Å²) in [4.78, 5) is 28.5. The molecule has 6 heteroatoms. The van der Waals surface area contributed by atoms with Crippen LogP contribution in [-0.4, -0.2) is 16.9 Å². The number of benzene rings is 3. The van der Waals surface area contributed by atoms with Crippen molar-refractivity contribution >= 4 is 28.3 Å². The lowest BCUT2D eigenvalue weighted by molar-refractivity contribution is 0.0993. The fraction of sp³-hybridized carbons (Fsp3) is 0.115. The quantitative estimate of drug-likeness (QED) is 0.420. The maximum absolute atomic E-state index is 12.5. The number of aromatic nitrogens is 1. The van der Waals surface area contributed by atoms with E-state index in [1.165, 1.54) is 6.20 Å². The summed E-state index contributed by atoms with van der Waals surface area (Å²) in [7, 11) is 0. The van der Waals surface area contributed by atoms with E-state index in [4.69, 9.17) is 10.5 Å². The van der Waals surface area contributed by atoms with Crippen molar-refractivity contribution in [3.05, 3.63) is 107 Å². The first-order valence-corrected chi connectivity index (χ1v) is 10.3. The molecule has 0 atom stereocenters. The predicted molar refractivity (Wildman–Crippen MR) is 124 cm³/mol. The number of fused-ring (bicyclic) bond motifs is 1. The first kappa shape index (κ1) is 21.1. The summed E-state index contributed by atoms with van der Waals surface area (Å²) in [5.41, 5.74) is 9.50. The average Bonchev–Trinajstić information content (AvgIpc) is 2.83. The van der Waals surface area contributed by atoms with Gasteiger partial charge in [0.15, 0.2) is 5.78 Å². The Labute approximate surface area is 186 Å². The topological polar surface area (TPSA) is 94.3 Å². The number of alkyl carbamates (subject to hydrolysis) is 1. The molecule has 6 nitrogen and oxygen atoms in total. The number of nitrogens with zero attached hydrogens (tertiary/aromatic N) is 1. The number of pyridine rings is 1. The Bertz CT molecular complexity index is 1250. The normalized spacial score (nSPS) is 10.6. The Kier molecular flexibility index (Phi) is 6.41. The molecule has 1 aromatic heterocycles. The van der Waals surface area contributed by atoms with Crippen LogP contribution in [-0.2, 0) is 24.3 Å². The highest BCUT2D eigenvalue weighted by molar-refractivity contribution is 5.98. The number of carbonyl (C=O) groups excluding carboxylic acids is 2. The van der Waals surface area contributed by atoms with Gasteiger partial charge in [-0.3, -0.25) is 9.78 Å². The predicted octanol–water partition coefficient (Wildman–Crippen LogP) is 4.67. The first-order valence-electron chi connectivity index (χ1n) is 10.3. The van der Waals surface area contributed by atoms with E-state index in [2.05, 4.69) is 10.3 Å². The Morgan fingerprint density at radius 3 is 2.44 bits per heavy atom. The van der Waals surface area contributed by atoms with Crippen LogP contribution in [0.4, 0.5) is 10.5 Å². The number of ether oxygens (including phenoxy) is 1. The Hall–Kier alpha value is -4.19. The molecule has 0 aliphatic carbocycles. The van der Waals surface area contributed by atoms with E-state index in [0.29, 0.717) is 17.8 Å². The second-order valence-corrected chi connectivity index (χ2v) is 7.48. The summed E-state index contributed by atoms with van der Waals surface area (Å²) in [5, 5.41) is 4.98. The largest absolute Gasteiger partial charge is 0.445 e. The molecule has 4 rings (SSSR count). The van der Waals surface area contributed by atoms with Crippen molar-refractivity contribution in [3.63, 3.8) is 0 Å². The van der Waals surface area contributed by atoms with Crippen LogP contribution >= 0.6 is 0 Å². The molecule has 3 aromatic carbocycles. The minimum absolute atomic E-state index is 0.0304. The molecule has 1 amide bonds. The van der Waals surface area contributed by atoms with Gasteiger partial charge in [0.05, 0.1) is 11.9 Å². The van der Waals surface area contributed by atoms with Crippen LogP contribution in [0.5, 0.6) is 0 Å². The summed E-state index contributed by atoms with van der Waals surface area (Å²) in [6, 6.07) is 22.9. The van der Waals surface area contributed by atoms with Gasteiger partial charge >= 0.3 is 6.09 Å². The van der Waals surface area contributed by atoms with Crippen molar-refractivity contribution in [1.82, 2.24) is 10.3 Å². The van der Waals surface area contributed by atoms with E-state index >= 15 is 0 Å². The highest BCUT2D eigenvalue weighted by atomic mass is 16.5. The van der Waals surface area contributed by atoms with Crippen LogP contribution in [0.1, 0.15) is 27.0 Å². The number of nitrogens with one attached hydrogen (secondary N) is 1. The molecule has 0 aliphatic rings. The number of nitrogen functional groups attached to an aromatic ring is 1. The van der Waals surface area contributed by atoms with Gasteiger partial charge in [-0.2, -0.15) is 0 Å². The molecule has 0 radical (unpaired) electrons. The van der Waals surface area contributed by atoms with Crippen LogP contribution < -0.4 is 11.1 Å². The summed E-state index contributed by atoms with van der Waals surface area (Å²) < 4.78 is 5.32. The molecule has 0 bridgehead atoms. The molecular formula is C26H23N3O3. The van der Waals surface area contributed by atoms with Crippen molar-refractivity contribution in [2.24, 2.45) is 0 Å². The van der Waals surface area contributed by atoms with Gasteiger partial charge in [0.2, 0.25) is 0 Å². The minimum Gasteiger partial charge on any atom is -0.445 e. The molecular weight excluding hydrogens is 402 g/mol. The molecule has 0 saturated heterocycles. The van der Waals surface area contributed by atoms with Crippen LogP contribution in [0.15, 0.2) is 85.2 Å². The highest BCUT2D eigenvalue weighted by Crippen LogP contribution is 2.16. The zero-order valence-electron chi connectivity index (χ0n) is 17.5. The standard InChI is InChI=1S/C26H23N3O3/c27-24-16-28-12-11-23(24)14-25(30)21-9-5-18(6-10-21)15-29-26(31)32-17-19-7-8-20-3-1-2-4-22(20)13-19/h1-13,16H,14-15,17,27H2,(H,29,31). The van der Waals surface area contributed by atoms with Crippen molar-refractivity contribution in [2.75, 3.05) is 5.73 Å². The van der Waals surface area contributed by atoms with E-state index in [1.54, 1.807) is 24.4 Å². The summed E-state index contributed by atoms with van der Waals surface area (Å²) >= 11 is 0. The molecule has 160 valence electrons. The number of hydrogen-bond donors (Lipinski definition) is 2. The van der Waals surface area contributed by atoms with Crippen LogP contribution in [0.2, 0.25) is 0 Å². The Balaban J connectivity index is 1.26. The zero-order valence-corrected chi connectivity index (χ0v) is 17.5. The number of Topliss-reactive ketones (excluding diaryl/α,β-unsaturated/α-hetero) is 1. The summed E-state index contributed by atoms with van der Waals surface area (Å²) in [5.74, 6) is -0.0304. The molecule has 0 unspecified atom stereocenters. The second-order valence-electron chi connectivity index (χ2n) is 7.48. The SMILES string of the molecule is Nc1cnccc1CC(=O)c1ccc(CNC(=O)OCc2ccc3ccccc3c2)cc1. The molecule has 3 N–H and O–H groups in total. The van der Waals surface area contributed by atoms with Gasteiger partial charge in [-0.25, -0.2) is 4.79 Å². The van der Waals surface area contributed by atoms with Crippen LogP contribution in [0.25, 0.3) is 10.8 Å². The number of amides is 1. The van der Waals surface area contributed by atoms with Gasteiger partial charge in [0, 0.05) is 24.7 Å². The number of hydrogen-bond acceptors (Lipinski definition) is 5. The van der Waals surface area contributed by atoms with Gasteiger partial charge < -0.3 is 15.8 Å². The highest BCUT2D eigenvalue weighted by Gasteiger charge is 2.10. The van der Waals surface area contributed by atoms with Crippen molar-refractivity contribution < 1.29 is 14.3 Å². The fourth-order valence-corrected chi connectivity index (χ4v) is 3.38. The second kappa shape index (κ2) is 9.75. The summed E-state index contributed by atoms with van der Waals surface area (Å²) in [6.07, 6.45) is 2.88. The van der Waals surface area contributed by atoms with E-state index in [1.807, 2.05) is 54.6 Å². The van der Waals surface area contributed by atoms with E-state index in [9.17, 15) is 9.59 Å². The van der Waals surface area contributed by atoms with E-state index < -0.39 is 6.09 Å². The fourth-order valence-electron chi connectivity index (χ4n) is 3.38.